The van der Waals surface area contributed by atoms with Crippen molar-refractivity contribution in [1.29, 1.82) is 0 Å². The van der Waals surface area contributed by atoms with Crippen molar-refractivity contribution in [1.82, 2.24) is 4.90 Å². The van der Waals surface area contributed by atoms with Crippen molar-refractivity contribution in [2.75, 3.05) is 37.5 Å². The number of sulfone groups is 1. The lowest BCUT2D eigenvalue weighted by Crippen LogP contribution is -2.42. The van der Waals surface area contributed by atoms with Crippen molar-refractivity contribution in [2.45, 2.75) is 25.3 Å². The first-order valence-electron chi connectivity index (χ1n) is 7.74. The molecule has 1 unspecified atom stereocenters. The maximum absolute atomic E-state index is 12.6. The summed E-state index contributed by atoms with van der Waals surface area (Å²) in [5, 5.41) is 0. The van der Waals surface area contributed by atoms with Crippen LogP contribution in [-0.2, 0) is 25.8 Å². The zero-order valence-corrected chi connectivity index (χ0v) is 14.2. The first-order chi connectivity index (χ1) is 10.9. The third-order valence-electron chi connectivity index (χ3n) is 4.05. The van der Waals surface area contributed by atoms with E-state index in [1.165, 1.54) is 0 Å². The van der Waals surface area contributed by atoms with Crippen molar-refractivity contribution in [3.63, 3.8) is 0 Å². The molecule has 0 saturated carbocycles. The fraction of sp³-hybridized carbons (Fsp3) is 0.562. The molecule has 1 aromatic carbocycles. The molecule has 128 valence electrons. The topological polar surface area (TPSA) is 89.7 Å². The number of rotatable bonds is 7. The molecule has 1 aliphatic rings. The lowest BCUT2D eigenvalue weighted by molar-refractivity contribution is -0.132. The Bertz CT molecular complexity index is 628. The van der Waals surface area contributed by atoms with E-state index in [4.69, 9.17) is 10.5 Å². The highest BCUT2D eigenvalue weighted by Crippen LogP contribution is 2.19. The van der Waals surface area contributed by atoms with Crippen LogP contribution in [0.15, 0.2) is 24.3 Å². The van der Waals surface area contributed by atoms with E-state index in [1.54, 1.807) is 24.1 Å². The van der Waals surface area contributed by atoms with E-state index in [0.717, 1.165) is 5.56 Å². The average Bonchev–Trinajstić information content (AvgIpc) is 2.86. The third kappa shape index (κ3) is 5.21. The van der Waals surface area contributed by atoms with E-state index in [1.807, 2.05) is 12.1 Å². The van der Waals surface area contributed by atoms with Crippen LogP contribution < -0.4 is 5.73 Å². The second kappa shape index (κ2) is 7.79. The Balaban J connectivity index is 2.05. The molecule has 2 N–H and O–H groups in total. The number of hydrogen-bond donors (Lipinski definition) is 1. The fourth-order valence-corrected chi connectivity index (χ4v) is 4.55. The SMILES string of the molecule is COCCCN(C(=O)Cc1ccc(N)cc1)C1CCS(=O)(=O)C1. The Hall–Kier alpha value is -1.60. The number of benzene rings is 1. The summed E-state index contributed by atoms with van der Waals surface area (Å²) in [6, 6.07) is 6.95. The van der Waals surface area contributed by atoms with E-state index >= 15 is 0 Å². The summed E-state index contributed by atoms with van der Waals surface area (Å²) in [6.45, 7) is 1.06. The van der Waals surface area contributed by atoms with Crippen molar-refractivity contribution < 1.29 is 17.9 Å². The second-order valence-corrected chi connectivity index (χ2v) is 8.14. The van der Waals surface area contributed by atoms with Crippen LogP contribution in [0.4, 0.5) is 5.69 Å². The Labute approximate surface area is 137 Å². The van der Waals surface area contributed by atoms with Crippen LogP contribution in [0, 0.1) is 0 Å². The van der Waals surface area contributed by atoms with Gasteiger partial charge in [0.2, 0.25) is 5.91 Å². The van der Waals surface area contributed by atoms with Crippen LogP contribution in [0.5, 0.6) is 0 Å². The predicted molar refractivity (Wildman–Crippen MR) is 89.8 cm³/mol. The van der Waals surface area contributed by atoms with Gasteiger partial charge in [-0.2, -0.15) is 0 Å². The van der Waals surface area contributed by atoms with E-state index in [0.29, 0.717) is 31.7 Å². The minimum atomic E-state index is -3.02. The summed E-state index contributed by atoms with van der Waals surface area (Å²) >= 11 is 0. The summed E-state index contributed by atoms with van der Waals surface area (Å²) < 4.78 is 28.5. The van der Waals surface area contributed by atoms with Crippen LogP contribution in [0.25, 0.3) is 0 Å². The first kappa shape index (κ1) is 17.7. The van der Waals surface area contributed by atoms with Gasteiger partial charge in [-0.1, -0.05) is 12.1 Å². The minimum absolute atomic E-state index is 0.0482. The zero-order chi connectivity index (χ0) is 16.9. The van der Waals surface area contributed by atoms with Gasteiger partial charge in [0.05, 0.1) is 17.9 Å². The Morgan fingerprint density at radius 3 is 2.61 bits per heavy atom. The monoisotopic (exact) mass is 340 g/mol. The van der Waals surface area contributed by atoms with Gasteiger partial charge in [0, 0.05) is 32.0 Å². The maximum Gasteiger partial charge on any atom is 0.227 e. The average molecular weight is 340 g/mol. The molecule has 0 spiro atoms. The second-order valence-electron chi connectivity index (χ2n) is 5.91. The van der Waals surface area contributed by atoms with Crippen LogP contribution in [0.3, 0.4) is 0 Å². The van der Waals surface area contributed by atoms with Gasteiger partial charge in [-0.25, -0.2) is 8.42 Å². The summed E-state index contributed by atoms with van der Waals surface area (Å²) in [7, 11) is -1.41. The van der Waals surface area contributed by atoms with Gasteiger partial charge in [0.1, 0.15) is 0 Å². The molecule has 7 heteroatoms. The summed E-state index contributed by atoms with van der Waals surface area (Å²) in [4.78, 5) is 14.4. The molecule has 1 aliphatic heterocycles. The summed E-state index contributed by atoms with van der Waals surface area (Å²) in [5.41, 5.74) is 7.18. The molecule has 1 fully saturated rings. The van der Waals surface area contributed by atoms with E-state index in [9.17, 15) is 13.2 Å². The van der Waals surface area contributed by atoms with Crippen LogP contribution in [0.2, 0.25) is 0 Å². The lowest BCUT2D eigenvalue weighted by atomic mass is 10.1. The minimum Gasteiger partial charge on any atom is -0.399 e. The molecule has 1 atom stereocenters. The fourth-order valence-electron chi connectivity index (χ4n) is 2.82. The smallest absolute Gasteiger partial charge is 0.227 e. The number of nitrogen functional groups attached to an aromatic ring is 1. The van der Waals surface area contributed by atoms with Gasteiger partial charge in [-0.3, -0.25) is 4.79 Å². The summed E-state index contributed by atoms with van der Waals surface area (Å²) in [6.07, 6.45) is 1.47. The standard InChI is InChI=1S/C16H24N2O4S/c1-22-9-2-8-18(15-7-10-23(20,21)12-15)16(19)11-13-3-5-14(17)6-4-13/h3-6,15H,2,7-12,17H2,1H3. The molecule has 2 rings (SSSR count). The van der Waals surface area contributed by atoms with Crippen molar-refractivity contribution >= 4 is 21.4 Å². The highest BCUT2D eigenvalue weighted by molar-refractivity contribution is 7.91. The molecule has 0 aromatic heterocycles. The number of anilines is 1. The highest BCUT2D eigenvalue weighted by Gasteiger charge is 2.34. The van der Waals surface area contributed by atoms with Gasteiger partial charge in [-0.05, 0) is 30.5 Å². The first-order valence-corrected chi connectivity index (χ1v) is 9.56. The predicted octanol–water partition coefficient (Wildman–Crippen LogP) is 0.864. The number of nitrogens with two attached hydrogens (primary N) is 1. The number of nitrogens with zero attached hydrogens (tertiary/aromatic N) is 1. The van der Waals surface area contributed by atoms with E-state index in [2.05, 4.69) is 0 Å². The summed E-state index contributed by atoms with van der Waals surface area (Å²) in [5.74, 6) is 0.175. The molecule has 0 radical (unpaired) electrons. The zero-order valence-electron chi connectivity index (χ0n) is 13.4. The van der Waals surface area contributed by atoms with Crippen molar-refractivity contribution in [3.8, 4) is 0 Å². The van der Waals surface area contributed by atoms with Gasteiger partial charge in [0.15, 0.2) is 9.84 Å². The molecule has 0 bridgehead atoms. The van der Waals surface area contributed by atoms with E-state index < -0.39 is 9.84 Å². The third-order valence-corrected chi connectivity index (χ3v) is 5.80. The molecule has 1 amide bonds. The van der Waals surface area contributed by atoms with Crippen molar-refractivity contribution in [3.05, 3.63) is 29.8 Å². The largest absolute Gasteiger partial charge is 0.399 e. The van der Waals surface area contributed by atoms with Gasteiger partial charge in [-0.15, -0.1) is 0 Å². The van der Waals surface area contributed by atoms with Crippen LogP contribution >= 0.6 is 0 Å². The van der Waals surface area contributed by atoms with Gasteiger partial charge in [0.25, 0.3) is 0 Å². The Kier molecular flexibility index (Phi) is 6.01. The molecule has 1 heterocycles. The maximum atomic E-state index is 12.6. The number of carbonyl (C=O) groups excluding carboxylic acids is 1. The number of amides is 1. The molecule has 1 saturated heterocycles. The van der Waals surface area contributed by atoms with Gasteiger partial charge < -0.3 is 15.4 Å². The Morgan fingerprint density at radius 2 is 2.04 bits per heavy atom. The molecule has 23 heavy (non-hydrogen) atoms. The number of ether oxygens (including phenoxy) is 1. The Morgan fingerprint density at radius 1 is 1.35 bits per heavy atom. The van der Waals surface area contributed by atoms with Gasteiger partial charge >= 0.3 is 0 Å². The molecule has 0 aliphatic carbocycles. The lowest BCUT2D eigenvalue weighted by Gasteiger charge is -2.28. The van der Waals surface area contributed by atoms with Crippen LogP contribution in [-0.4, -0.2) is 57.0 Å². The normalized spacial score (nSPS) is 19.6. The molecule has 6 nitrogen and oxygen atoms in total. The number of methoxy groups -OCH3 is 1. The molecular weight excluding hydrogens is 316 g/mol. The van der Waals surface area contributed by atoms with Crippen LogP contribution in [0.1, 0.15) is 18.4 Å². The quantitative estimate of drug-likeness (QED) is 0.587. The van der Waals surface area contributed by atoms with E-state index in [-0.39, 0.29) is 29.9 Å². The molecular formula is C16H24N2O4S. The number of hydrogen-bond acceptors (Lipinski definition) is 5. The van der Waals surface area contributed by atoms with Crippen molar-refractivity contribution in [2.24, 2.45) is 0 Å². The molecule has 1 aromatic rings. The highest BCUT2D eigenvalue weighted by atomic mass is 32.2. The number of carbonyl (C=O) groups is 1.